The van der Waals surface area contributed by atoms with Crippen LogP contribution in [0.4, 0.5) is 0 Å². The molecule has 0 saturated heterocycles. The van der Waals surface area contributed by atoms with Gasteiger partial charge in [0.1, 0.15) is 0 Å². The van der Waals surface area contributed by atoms with Crippen LogP contribution >= 0.6 is 11.3 Å². The number of fused-ring (bicyclic) bond motifs is 10. The second-order valence-electron chi connectivity index (χ2n) is 10.9. The highest BCUT2D eigenvalue weighted by Crippen LogP contribution is 2.52. The van der Waals surface area contributed by atoms with Crippen molar-refractivity contribution in [2.75, 3.05) is 0 Å². The van der Waals surface area contributed by atoms with Gasteiger partial charge in [-0.3, -0.25) is 0 Å². The highest BCUT2D eigenvalue weighted by Gasteiger charge is 2.37. The number of nitrogens with one attached hydrogen (secondary N) is 1. The maximum absolute atomic E-state index is 3.71. The van der Waals surface area contributed by atoms with Gasteiger partial charge in [0.25, 0.3) is 0 Å². The summed E-state index contributed by atoms with van der Waals surface area (Å²) in [7, 11) is 0. The van der Waals surface area contributed by atoms with E-state index < -0.39 is 0 Å². The van der Waals surface area contributed by atoms with Crippen molar-refractivity contribution < 1.29 is 0 Å². The van der Waals surface area contributed by atoms with Gasteiger partial charge in [0.15, 0.2) is 0 Å². The van der Waals surface area contributed by atoms with Gasteiger partial charge in [-0.15, -0.1) is 11.3 Å². The van der Waals surface area contributed by atoms with E-state index in [0.717, 1.165) is 0 Å². The van der Waals surface area contributed by atoms with E-state index in [2.05, 4.69) is 116 Å². The Morgan fingerprint density at radius 3 is 2.21 bits per heavy atom. The van der Waals surface area contributed by atoms with Crippen LogP contribution in [0.2, 0.25) is 0 Å². The van der Waals surface area contributed by atoms with Crippen LogP contribution < -0.4 is 0 Å². The number of rotatable bonds is 1. The molecular weight excluding hydrogens is 490 g/mol. The first kappa shape index (κ1) is 23.9. The maximum Gasteiger partial charge on any atom is 0.0468 e. The Morgan fingerprint density at radius 1 is 0.641 bits per heavy atom. The summed E-state index contributed by atoms with van der Waals surface area (Å²) >= 11 is 1.90. The fourth-order valence-electron chi connectivity index (χ4n) is 6.41. The van der Waals surface area contributed by atoms with Crippen molar-refractivity contribution in [1.82, 2.24) is 4.98 Å². The van der Waals surface area contributed by atoms with E-state index in [0.29, 0.717) is 0 Å². The van der Waals surface area contributed by atoms with E-state index in [1.54, 1.807) is 0 Å². The lowest BCUT2D eigenvalue weighted by atomic mass is 9.80. The van der Waals surface area contributed by atoms with Crippen LogP contribution in [0.3, 0.4) is 0 Å². The molecule has 1 nitrogen and oxygen atoms in total. The Balaban J connectivity index is 0.000000595. The van der Waals surface area contributed by atoms with Gasteiger partial charge in [-0.25, -0.2) is 0 Å². The van der Waals surface area contributed by atoms with Crippen molar-refractivity contribution in [1.29, 1.82) is 0 Å². The molecule has 2 heterocycles. The molecule has 0 atom stereocenters. The largest absolute Gasteiger partial charge is 0.355 e. The van der Waals surface area contributed by atoms with Crippen molar-refractivity contribution >= 4 is 53.3 Å². The number of allylic oxidation sites excluding steroid dienone is 2. The molecule has 0 bridgehead atoms. The Labute approximate surface area is 233 Å². The summed E-state index contributed by atoms with van der Waals surface area (Å²) in [6.07, 6.45) is 4.00. The van der Waals surface area contributed by atoms with E-state index in [1.165, 1.54) is 75.4 Å². The summed E-state index contributed by atoms with van der Waals surface area (Å²) in [6.45, 7) is 8.75. The number of thiophene rings is 1. The summed E-state index contributed by atoms with van der Waals surface area (Å²) in [5.74, 6) is 0. The zero-order chi connectivity index (χ0) is 26.7. The molecule has 0 fully saturated rings. The molecule has 0 aliphatic heterocycles. The minimum Gasteiger partial charge on any atom is -0.355 e. The third kappa shape index (κ3) is 3.52. The molecule has 7 aromatic rings. The van der Waals surface area contributed by atoms with Gasteiger partial charge in [0.2, 0.25) is 0 Å². The number of hydrogen-bond donors (Lipinski definition) is 1. The zero-order valence-electron chi connectivity index (χ0n) is 22.8. The molecule has 0 radical (unpaired) electrons. The number of H-pyrrole nitrogens is 1. The normalized spacial score (nSPS) is 13.7. The Morgan fingerprint density at radius 2 is 1.36 bits per heavy atom. The van der Waals surface area contributed by atoms with E-state index in [-0.39, 0.29) is 5.41 Å². The fourth-order valence-corrected chi connectivity index (χ4v) is 7.64. The minimum atomic E-state index is -0.0396. The van der Waals surface area contributed by atoms with Crippen LogP contribution in [0.1, 0.15) is 38.8 Å². The molecule has 2 aromatic heterocycles. The first-order valence-corrected chi connectivity index (χ1v) is 14.5. The molecule has 0 saturated carbocycles. The predicted molar refractivity (Wildman–Crippen MR) is 172 cm³/mol. The average Bonchev–Trinajstić information content (AvgIpc) is 3.61. The molecule has 2 heteroatoms. The lowest BCUT2D eigenvalue weighted by Crippen LogP contribution is -2.15. The van der Waals surface area contributed by atoms with Crippen LogP contribution in [-0.4, -0.2) is 4.98 Å². The Hall–Kier alpha value is -4.14. The SMILES string of the molecule is C/C=C/C.CC1(C)c2ccccc2-c2ccc3[nH]c4ccc(-c5cccc6c5sc5ccccc56)cc4c3c21. The van der Waals surface area contributed by atoms with Crippen molar-refractivity contribution in [3.8, 4) is 22.3 Å². The highest BCUT2D eigenvalue weighted by molar-refractivity contribution is 7.26. The molecule has 5 aromatic carbocycles. The third-order valence-electron chi connectivity index (χ3n) is 8.33. The molecule has 8 rings (SSSR count). The monoisotopic (exact) mass is 521 g/mol. The van der Waals surface area contributed by atoms with Crippen molar-refractivity contribution in [2.24, 2.45) is 0 Å². The Kier molecular flexibility index (Phi) is 5.50. The summed E-state index contributed by atoms with van der Waals surface area (Å²) in [5.41, 5.74) is 10.6. The van der Waals surface area contributed by atoms with Gasteiger partial charge in [0.05, 0.1) is 0 Å². The molecule has 39 heavy (non-hydrogen) atoms. The van der Waals surface area contributed by atoms with E-state index in [4.69, 9.17) is 0 Å². The number of hydrogen-bond acceptors (Lipinski definition) is 1. The highest BCUT2D eigenvalue weighted by atomic mass is 32.1. The smallest absolute Gasteiger partial charge is 0.0468 e. The molecular formula is C37H31NS. The summed E-state index contributed by atoms with van der Waals surface area (Å²) < 4.78 is 2.71. The van der Waals surface area contributed by atoms with Gasteiger partial charge in [-0.1, -0.05) is 98.8 Å². The summed E-state index contributed by atoms with van der Waals surface area (Å²) in [4.78, 5) is 3.71. The lowest BCUT2D eigenvalue weighted by molar-refractivity contribution is 0.666. The van der Waals surface area contributed by atoms with E-state index >= 15 is 0 Å². The van der Waals surface area contributed by atoms with Gasteiger partial charge < -0.3 is 4.98 Å². The minimum absolute atomic E-state index is 0.0396. The first-order chi connectivity index (χ1) is 19.0. The van der Waals surface area contributed by atoms with Crippen LogP contribution in [0.25, 0.3) is 64.2 Å². The van der Waals surface area contributed by atoms with E-state index in [1.807, 2.05) is 37.3 Å². The molecule has 1 aliphatic carbocycles. The molecule has 0 unspecified atom stereocenters. The van der Waals surface area contributed by atoms with Crippen molar-refractivity contribution in [2.45, 2.75) is 33.1 Å². The van der Waals surface area contributed by atoms with Gasteiger partial charge >= 0.3 is 0 Å². The van der Waals surface area contributed by atoms with Gasteiger partial charge in [-0.2, -0.15) is 0 Å². The van der Waals surface area contributed by atoms with Crippen LogP contribution in [0.15, 0.2) is 109 Å². The second-order valence-corrected chi connectivity index (χ2v) is 12.0. The van der Waals surface area contributed by atoms with Gasteiger partial charge in [0, 0.05) is 47.4 Å². The van der Waals surface area contributed by atoms with Crippen LogP contribution in [0, 0.1) is 0 Å². The standard InChI is InChI=1S/C33H23NS.C4H8/c1-33(2)26-12-5-3-8-21(26)23-15-17-28-30(31(23)33)25-18-19(14-16-27(25)34-28)20-10-7-11-24-22-9-4-6-13-29(22)35-32(20)24;1-3-4-2/h3-18,34H,1-2H3;3-4H,1-2H3/b;4-3+. The molecule has 0 amide bonds. The third-order valence-corrected chi connectivity index (χ3v) is 9.55. The molecule has 0 spiro atoms. The molecule has 1 aliphatic rings. The zero-order valence-corrected chi connectivity index (χ0v) is 23.6. The second kappa shape index (κ2) is 8.97. The average molecular weight is 522 g/mol. The van der Waals surface area contributed by atoms with Crippen molar-refractivity contribution in [3.63, 3.8) is 0 Å². The predicted octanol–water partition coefficient (Wildman–Crippen LogP) is 11.2. The van der Waals surface area contributed by atoms with Crippen molar-refractivity contribution in [3.05, 3.63) is 120 Å². The molecule has 1 N–H and O–H groups in total. The topological polar surface area (TPSA) is 15.8 Å². The first-order valence-electron chi connectivity index (χ1n) is 13.7. The summed E-state index contributed by atoms with van der Waals surface area (Å²) in [5, 5.41) is 5.37. The lowest BCUT2D eigenvalue weighted by Gasteiger charge is -2.22. The summed E-state index contributed by atoms with van der Waals surface area (Å²) in [6, 6.07) is 35.9. The van der Waals surface area contributed by atoms with Crippen LogP contribution in [-0.2, 0) is 5.41 Å². The quantitative estimate of drug-likeness (QED) is 0.207. The van der Waals surface area contributed by atoms with Gasteiger partial charge in [-0.05, 0) is 71.5 Å². The number of aromatic amines is 1. The number of aromatic nitrogens is 1. The van der Waals surface area contributed by atoms with E-state index in [9.17, 15) is 0 Å². The fraction of sp³-hybridized carbons (Fsp3) is 0.135. The van der Waals surface area contributed by atoms with Crippen LogP contribution in [0.5, 0.6) is 0 Å². The maximum atomic E-state index is 3.71. The Bertz CT molecular complexity index is 2060. The molecule has 190 valence electrons. The number of benzene rings is 5.